The summed E-state index contributed by atoms with van der Waals surface area (Å²) in [5.74, 6) is 0.574. The Morgan fingerprint density at radius 1 is 1.22 bits per heavy atom. The van der Waals surface area contributed by atoms with Crippen molar-refractivity contribution in [2.24, 2.45) is 0 Å². The molecule has 1 aliphatic rings. The lowest BCUT2D eigenvalue weighted by Gasteiger charge is -2.23. The van der Waals surface area contributed by atoms with Gasteiger partial charge in [-0.3, -0.25) is 0 Å². The highest BCUT2D eigenvalue weighted by atomic mass is 35.5. The van der Waals surface area contributed by atoms with Gasteiger partial charge in [0.15, 0.2) is 0 Å². The van der Waals surface area contributed by atoms with E-state index in [1.54, 1.807) is 42.6 Å². The summed E-state index contributed by atoms with van der Waals surface area (Å²) in [6.45, 7) is 0.752. The molecule has 2 aromatic carbocycles. The molecule has 1 aromatic heterocycles. The number of carbonyl (C=O) groups is 1. The predicted octanol–water partition coefficient (Wildman–Crippen LogP) is 5.28. The third kappa shape index (κ3) is 4.41. The van der Waals surface area contributed by atoms with Crippen molar-refractivity contribution in [3.8, 4) is 16.9 Å². The summed E-state index contributed by atoms with van der Waals surface area (Å²) in [6.07, 6.45) is 3.76. The average molecular weight is 455 g/mol. The van der Waals surface area contributed by atoms with Gasteiger partial charge in [0.05, 0.1) is 19.8 Å². The zero-order valence-corrected chi connectivity index (χ0v) is 18.7. The number of aromatic nitrogens is 1. The number of hydrogen-bond acceptors (Lipinski definition) is 5. The third-order valence-electron chi connectivity index (χ3n) is 5.74. The SMILES string of the molecule is COC(=O)[C@@H]1CCCN1c1ccc(Cc2ccc(OC)c(-c3cccc(Cl)c3)c2F)cn1. The van der Waals surface area contributed by atoms with Gasteiger partial charge in [0.1, 0.15) is 23.4 Å². The summed E-state index contributed by atoms with van der Waals surface area (Å²) in [4.78, 5) is 18.5. The maximum absolute atomic E-state index is 15.5. The van der Waals surface area contributed by atoms with Gasteiger partial charge in [0.2, 0.25) is 0 Å². The van der Waals surface area contributed by atoms with E-state index in [0.717, 1.165) is 30.8 Å². The van der Waals surface area contributed by atoms with E-state index in [9.17, 15) is 4.79 Å². The van der Waals surface area contributed by atoms with Crippen molar-refractivity contribution in [1.82, 2.24) is 4.98 Å². The van der Waals surface area contributed by atoms with E-state index in [-0.39, 0.29) is 17.8 Å². The first-order valence-electron chi connectivity index (χ1n) is 10.4. The largest absolute Gasteiger partial charge is 0.496 e. The molecule has 0 radical (unpaired) electrons. The van der Waals surface area contributed by atoms with Crippen LogP contribution in [0.4, 0.5) is 10.2 Å². The first-order chi connectivity index (χ1) is 15.5. The summed E-state index contributed by atoms with van der Waals surface area (Å²) in [6, 6.07) is 14.0. The van der Waals surface area contributed by atoms with Crippen LogP contribution in [-0.2, 0) is 16.0 Å². The second-order valence-corrected chi connectivity index (χ2v) is 8.14. The fourth-order valence-electron chi connectivity index (χ4n) is 4.15. The number of methoxy groups -OCH3 is 2. The van der Waals surface area contributed by atoms with Crippen molar-refractivity contribution >= 4 is 23.4 Å². The Hall–Kier alpha value is -3.12. The fraction of sp³-hybridized carbons (Fsp3) is 0.280. The van der Waals surface area contributed by atoms with Gasteiger partial charge in [-0.05, 0) is 53.8 Å². The van der Waals surface area contributed by atoms with Crippen LogP contribution in [0, 0.1) is 5.82 Å². The summed E-state index contributed by atoms with van der Waals surface area (Å²) >= 11 is 6.12. The Balaban J connectivity index is 1.60. The molecule has 1 fully saturated rings. The van der Waals surface area contributed by atoms with Gasteiger partial charge in [-0.1, -0.05) is 35.9 Å². The molecule has 0 amide bonds. The minimum absolute atomic E-state index is 0.248. The first kappa shape index (κ1) is 22.1. The van der Waals surface area contributed by atoms with Crippen LogP contribution in [-0.4, -0.2) is 37.8 Å². The highest BCUT2D eigenvalue weighted by Crippen LogP contribution is 2.36. The molecule has 7 heteroatoms. The van der Waals surface area contributed by atoms with Gasteiger partial charge in [-0.25, -0.2) is 14.2 Å². The van der Waals surface area contributed by atoms with E-state index in [0.29, 0.717) is 33.9 Å². The maximum atomic E-state index is 15.5. The predicted molar refractivity (Wildman–Crippen MR) is 123 cm³/mol. The van der Waals surface area contributed by atoms with E-state index >= 15 is 4.39 Å². The molecule has 2 heterocycles. The van der Waals surface area contributed by atoms with Crippen LogP contribution in [0.25, 0.3) is 11.1 Å². The van der Waals surface area contributed by atoms with Gasteiger partial charge in [-0.2, -0.15) is 0 Å². The minimum atomic E-state index is -0.346. The molecule has 0 saturated carbocycles. The zero-order chi connectivity index (χ0) is 22.7. The molecule has 1 atom stereocenters. The number of pyridine rings is 1. The molecule has 3 aromatic rings. The van der Waals surface area contributed by atoms with Crippen molar-refractivity contribution in [3.05, 3.63) is 76.7 Å². The van der Waals surface area contributed by atoms with Gasteiger partial charge in [-0.15, -0.1) is 0 Å². The van der Waals surface area contributed by atoms with Crippen LogP contribution >= 0.6 is 11.6 Å². The number of benzene rings is 2. The highest BCUT2D eigenvalue weighted by molar-refractivity contribution is 6.30. The van der Waals surface area contributed by atoms with Crippen molar-refractivity contribution in [3.63, 3.8) is 0 Å². The molecule has 4 rings (SSSR count). The molecule has 0 spiro atoms. The molecular weight excluding hydrogens is 431 g/mol. The lowest BCUT2D eigenvalue weighted by atomic mass is 9.97. The highest BCUT2D eigenvalue weighted by Gasteiger charge is 2.32. The molecule has 0 aliphatic carbocycles. The lowest BCUT2D eigenvalue weighted by Crippen LogP contribution is -2.37. The standard InChI is InChI=1S/C25H24ClFN2O3/c1-31-21-10-9-18(24(27)23(21)17-5-3-6-19(26)14-17)13-16-8-11-22(28-15-16)29-12-4-7-20(29)25(30)32-2/h3,5-6,8-11,14-15,20H,4,7,12-13H2,1-2H3/t20-/m0/s1. The number of anilines is 1. The third-order valence-corrected chi connectivity index (χ3v) is 5.98. The van der Waals surface area contributed by atoms with Gasteiger partial charge in [0, 0.05) is 24.2 Å². The van der Waals surface area contributed by atoms with Crippen molar-refractivity contribution < 1.29 is 18.7 Å². The maximum Gasteiger partial charge on any atom is 0.328 e. The Labute approximate surface area is 191 Å². The Bertz CT molecular complexity index is 1120. The summed E-state index contributed by atoms with van der Waals surface area (Å²) in [5.41, 5.74) is 2.44. The van der Waals surface area contributed by atoms with Crippen molar-refractivity contribution in [1.29, 1.82) is 0 Å². The smallest absolute Gasteiger partial charge is 0.328 e. The second-order valence-electron chi connectivity index (χ2n) is 7.70. The Kier molecular flexibility index (Phi) is 6.61. The fourth-order valence-corrected chi connectivity index (χ4v) is 4.34. The minimum Gasteiger partial charge on any atom is -0.496 e. The van der Waals surface area contributed by atoms with Crippen molar-refractivity contribution in [2.75, 3.05) is 25.7 Å². The number of ether oxygens (including phenoxy) is 2. The quantitative estimate of drug-likeness (QED) is 0.474. The molecule has 166 valence electrons. The van der Waals surface area contributed by atoms with Gasteiger partial charge in [0.25, 0.3) is 0 Å². The van der Waals surface area contributed by atoms with Crippen molar-refractivity contribution in [2.45, 2.75) is 25.3 Å². The Morgan fingerprint density at radius 2 is 2.06 bits per heavy atom. The van der Waals surface area contributed by atoms with Crippen LogP contribution < -0.4 is 9.64 Å². The topological polar surface area (TPSA) is 51.7 Å². The van der Waals surface area contributed by atoms with Gasteiger partial charge >= 0.3 is 5.97 Å². The monoisotopic (exact) mass is 454 g/mol. The molecule has 0 N–H and O–H groups in total. The second kappa shape index (κ2) is 9.57. The summed E-state index contributed by atoms with van der Waals surface area (Å²) in [7, 11) is 2.92. The molecular formula is C25H24ClFN2O3. The molecule has 5 nitrogen and oxygen atoms in total. The van der Waals surface area contributed by atoms with E-state index in [2.05, 4.69) is 4.98 Å². The number of esters is 1. The van der Waals surface area contributed by atoms with E-state index in [1.165, 1.54) is 14.2 Å². The molecule has 32 heavy (non-hydrogen) atoms. The Morgan fingerprint density at radius 3 is 2.75 bits per heavy atom. The number of halogens is 2. The van der Waals surface area contributed by atoms with E-state index < -0.39 is 0 Å². The molecule has 0 unspecified atom stereocenters. The van der Waals surface area contributed by atoms with E-state index in [4.69, 9.17) is 21.1 Å². The molecule has 1 saturated heterocycles. The van der Waals surface area contributed by atoms with E-state index in [1.807, 2.05) is 17.0 Å². The van der Waals surface area contributed by atoms with Crippen LogP contribution in [0.1, 0.15) is 24.0 Å². The van der Waals surface area contributed by atoms with Crippen LogP contribution in [0.15, 0.2) is 54.7 Å². The molecule has 0 bridgehead atoms. The normalized spacial score (nSPS) is 15.6. The van der Waals surface area contributed by atoms with Crippen LogP contribution in [0.3, 0.4) is 0 Å². The average Bonchev–Trinajstić information content (AvgIpc) is 3.30. The number of hydrogen-bond donors (Lipinski definition) is 0. The van der Waals surface area contributed by atoms with Crippen LogP contribution in [0.2, 0.25) is 5.02 Å². The number of rotatable bonds is 6. The number of carbonyl (C=O) groups excluding carboxylic acids is 1. The number of nitrogens with zero attached hydrogens (tertiary/aromatic N) is 2. The first-order valence-corrected chi connectivity index (χ1v) is 10.8. The molecule has 1 aliphatic heterocycles. The summed E-state index contributed by atoms with van der Waals surface area (Å²) in [5, 5.41) is 0.529. The zero-order valence-electron chi connectivity index (χ0n) is 18.0. The van der Waals surface area contributed by atoms with Gasteiger partial charge < -0.3 is 14.4 Å². The summed E-state index contributed by atoms with van der Waals surface area (Å²) < 4.78 is 25.8. The lowest BCUT2D eigenvalue weighted by molar-refractivity contribution is -0.141. The van der Waals surface area contributed by atoms with Crippen LogP contribution in [0.5, 0.6) is 5.75 Å².